The van der Waals surface area contributed by atoms with Crippen molar-refractivity contribution in [1.29, 1.82) is 0 Å². The normalized spacial score (nSPS) is 12.1. The maximum Gasteiger partial charge on any atom is 0.221 e. The van der Waals surface area contributed by atoms with Crippen molar-refractivity contribution < 1.29 is 4.79 Å². The van der Waals surface area contributed by atoms with Gasteiger partial charge in [-0.1, -0.05) is 6.92 Å². The lowest BCUT2D eigenvalue weighted by molar-refractivity contribution is -0.121. The van der Waals surface area contributed by atoms with Crippen molar-refractivity contribution in [2.24, 2.45) is 0 Å². The molecule has 1 rings (SSSR count). The SMILES string of the molecule is CCC(C)NC(=O)CCNc1cc(N)ns1. The number of carbonyl (C=O) groups is 1. The van der Waals surface area contributed by atoms with Crippen LogP contribution in [0.15, 0.2) is 6.07 Å². The van der Waals surface area contributed by atoms with Crippen LogP contribution in [0.3, 0.4) is 0 Å². The van der Waals surface area contributed by atoms with Crippen molar-refractivity contribution >= 4 is 28.3 Å². The lowest BCUT2D eigenvalue weighted by Crippen LogP contribution is -2.32. The van der Waals surface area contributed by atoms with E-state index in [4.69, 9.17) is 5.73 Å². The van der Waals surface area contributed by atoms with E-state index in [1.54, 1.807) is 6.07 Å². The molecule has 0 fully saturated rings. The number of nitrogens with two attached hydrogens (primary N) is 1. The minimum Gasteiger partial charge on any atom is -0.383 e. The van der Waals surface area contributed by atoms with E-state index in [9.17, 15) is 4.79 Å². The number of nitrogens with one attached hydrogen (secondary N) is 2. The van der Waals surface area contributed by atoms with E-state index in [1.807, 2.05) is 13.8 Å². The minimum atomic E-state index is 0.0688. The summed E-state index contributed by atoms with van der Waals surface area (Å²) in [5, 5.41) is 6.91. The highest BCUT2D eigenvalue weighted by Gasteiger charge is 2.05. The third-order valence-corrected chi connectivity index (χ3v) is 2.96. The van der Waals surface area contributed by atoms with Gasteiger partial charge in [0.05, 0.1) is 0 Å². The number of rotatable bonds is 6. The van der Waals surface area contributed by atoms with Crippen LogP contribution in [0, 0.1) is 0 Å². The molecule has 1 amide bonds. The number of aromatic nitrogens is 1. The van der Waals surface area contributed by atoms with Crippen LogP contribution >= 0.6 is 11.5 Å². The molecule has 6 heteroatoms. The van der Waals surface area contributed by atoms with Crippen LogP contribution in [0.25, 0.3) is 0 Å². The molecule has 0 aromatic carbocycles. The Balaban J connectivity index is 2.18. The molecule has 0 spiro atoms. The van der Waals surface area contributed by atoms with E-state index in [1.165, 1.54) is 11.5 Å². The molecular formula is C10H18N4OS. The predicted molar refractivity (Wildman–Crippen MR) is 67.5 cm³/mol. The Morgan fingerprint density at radius 3 is 3.00 bits per heavy atom. The van der Waals surface area contributed by atoms with E-state index in [-0.39, 0.29) is 11.9 Å². The molecular weight excluding hydrogens is 224 g/mol. The lowest BCUT2D eigenvalue weighted by atomic mass is 10.2. The number of carbonyl (C=O) groups excluding carboxylic acids is 1. The van der Waals surface area contributed by atoms with Crippen LogP contribution in [0.2, 0.25) is 0 Å². The molecule has 1 heterocycles. The fraction of sp³-hybridized carbons (Fsp3) is 0.600. The Labute approximate surface area is 99.6 Å². The maximum atomic E-state index is 11.4. The summed E-state index contributed by atoms with van der Waals surface area (Å²) in [5.74, 6) is 0.580. The Hall–Kier alpha value is -1.30. The van der Waals surface area contributed by atoms with Crippen LogP contribution < -0.4 is 16.4 Å². The average molecular weight is 242 g/mol. The summed E-state index contributed by atoms with van der Waals surface area (Å²) in [6.07, 6.45) is 1.41. The summed E-state index contributed by atoms with van der Waals surface area (Å²) in [6, 6.07) is 2.00. The second kappa shape index (κ2) is 6.32. The second-order valence-electron chi connectivity index (χ2n) is 3.67. The number of nitrogens with zero attached hydrogens (tertiary/aromatic N) is 1. The van der Waals surface area contributed by atoms with Gasteiger partial charge in [0.2, 0.25) is 5.91 Å². The van der Waals surface area contributed by atoms with E-state index in [0.717, 1.165) is 11.4 Å². The van der Waals surface area contributed by atoms with Crippen molar-refractivity contribution in [3.63, 3.8) is 0 Å². The topological polar surface area (TPSA) is 80.0 Å². The standard InChI is InChI=1S/C10H18N4OS/c1-3-7(2)13-9(15)4-5-12-10-6-8(11)14-16-10/h6-7,12H,3-5H2,1-2H3,(H2,11,14)(H,13,15). The molecule has 4 N–H and O–H groups in total. The molecule has 0 radical (unpaired) electrons. The number of nitrogen functional groups attached to an aromatic ring is 1. The summed E-state index contributed by atoms with van der Waals surface area (Å²) < 4.78 is 3.93. The molecule has 0 saturated carbocycles. The van der Waals surface area contributed by atoms with Crippen LogP contribution in [0.5, 0.6) is 0 Å². The summed E-state index contributed by atoms with van der Waals surface area (Å²) in [7, 11) is 0. The first-order chi connectivity index (χ1) is 7.61. The molecule has 1 aromatic rings. The van der Waals surface area contributed by atoms with Crippen molar-refractivity contribution in [3.8, 4) is 0 Å². The van der Waals surface area contributed by atoms with Gasteiger partial charge in [0.1, 0.15) is 10.8 Å². The van der Waals surface area contributed by atoms with Crippen molar-refractivity contribution in [1.82, 2.24) is 9.69 Å². The van der Waals surface area contributed by atoms with Gasteiger partial charge >= 0.3 is 0 Å². The number of amides is 1. The minimum absolute atomic E-state index is 0.0688. The van der Waals surface area contributed by atoms with Crippen LogP contribution in [-0.4, -0.2) is 22.9 Å². The van der Waals surface area contributed by atoms with E-state index < -0.39 is 0 Å². The highest BCUT2D eigenvalue weighted by atomic mass is 32.1. The summed E-state index contributed by atoms with van der Waals surface area (Å²) >= 11 is 1.30. The first-order valence-electron chi connectivity index (χ1n) is 5.37. The first kappa shape index (κ1) is 12.8. The number of anilines is 2. The number of hydrogen-bond acceptors (Lipinski definition) is 5. The Bertz CT molecular complexity index is 339. The quantitative estimate of drug-likeness (QED) is 0.705. The van der Waals surface area contributed by atoms with Crippen LogP contribution in [0.4, 0.5) is 10.8 Å². The molecule has 90 valence electrons. The molecule has 0 aliphatic rings. The first-order valence-corrected chi connectivity index (χ1v) is 6.14. The Morgan fingerprint density at radius 2 is 2.44 bits per heavy atom. The van der Waals surface area contributed by atoms with Gasteiger partial charge in [-0.25, -0.2) is 0 Å². The van der Waals surface area contributed by atoms with Gasteiger partial charge in [0, 0.05) is 25.1 Å². The largest absolute Gasteiger partial charge is 0.383 e. The fourth-order valence-electron chi connectivity index (χ4n) is 1.12. The number of hydrogen-bond donors (Lipinski definition) is 3. The predicted octanol–water partition coefficient (Wildman–Crippen LogP) is 1.44. The molecule has 0 aliphatic carbocycles. The highest BCUT2D eigenvalue weighted by molar-refractivity contribution is 7.10. The monoisotopic (exact) mass is 242 g/mol. The molecule has 0 bridgehead atoms. The zero-order chi connectivity index (χ0) is 12.0. The Kier molecular flexibility index (Phi) is 5.04. The van der Waals surface area contributed by atoms with E-state index in [2.05, 4.69) is 15.0 Å². The van der Waals surface area contributed by atoms with Gasteiger partial charge < -0.3 is 16.4 Å². The van der Waals surface area contributed by atoms with Crippen molar-refractivity contribution in [3.05, 3.63) is 6.07 Å². The van der Waals surface area contributed by atoms with Gasteiger partial charge in [-0.15, -0.1) is 0 Å². The smallest absolute Gasteiger partial charge is 0.221 e. The lowest BCUT2D eigenvalue weighted by Gasteiger charge is -2.11. The molecule has 16 heavy (non-hydrogen) atoms. The maximum absolute atomic E-state index is 11.4. The molecule has 0 saturated heterocycles. The third kappa shape index (κ3) is 4.48. The van der Waals surface area contributed by atoms with Gasteiger partial charge in [-0.3, -0.25) is 4.79 Å². The highest BCUT2D eigenvalue weighted by Crippen LogP contribution is 2.16. The molecule has 1 aromatic heterocycles. The van der Waals surface area contributed by atoms with Crippen molar-refractivity contribution in [2.75, 3.05) is 17.6 Å². The zero-order valence-corrected chi connectivity index (χ0v) is 10.4. The van der Waals surface area contributed by atoms with E-state index >= 15 is 0 Å². The zero-order valence-electron chi connectivity index (χ0n) is 9.62. The summed E-state index contributed by atoms with van der Waals surface area (Å²) in [6.45, 7) is 4.64. The van der Waals surface area contributed by atoms with Gasteiger partial charge in [-0.05, 0) is 24.9 Å². The molecule has 1 unspecified atom stereocenters. The average Bonchev–Trinajstić information content (AvgIpc) is 2.64. The summed E-state index contributed by atoms with van der Waals surface area (Å²) in [4.78, 5) is 11.4. The molecule has 0 aliphatic heterocycles. The second-order valence-corrected chi connectivity index (χ2v) is 4.47. The van der Waals surface area contributed by atoms with Crippen LogP contribution in [-0.2, 0) is 4.79 Å². The Morgan fingerprint density at radius 1 is 1.69 bits per heavy atom. The van der Waals surface area contributed by atoms with Gasteiger partial charge in [0.25, 0.3) is 0 Å². The van der Waals surface area contributed by atoms with Gasteiger partial charge in [-0.2, -0.15) is 4.37 Å². The van der Waals surface area contributed by atoms with E-state index in [0.29, 0.717) is 18.8 Å². The van der Waals surface area contributed by atoms with Gasteiger partial charge in [0.15, 0.2) is 0 Å². The fourth-order valence-corrected chi connectivity index (χ4v) is 1.72. The van der Waals surface area contributed by atoms with Crippen molar-refractivity contribution in [2.45, 2.75) is 32.7 Å². The third-order valence-electron chi connectivity index (χ3n) is 2.20. The summed E-state index contributed by atoms with van der Waals surface area (Å²) in [5.41, 5.74) is 5.47. The molecule has 5 nitrogen and oxygen atoms in total. The molecule has 1 atom stereocenters. The van der Waals surface area contributed by atoms with Crippen LogP contribution in [0.1, 0.15) is 26.7 Å².